The molecule has 1 heterocycles. The van der Waals surface area contributed by atoms with E-state index in [1.165, 1.54) is 16.3 Å². The summed E-state index contributed by atoms with van der Waals surface area (Å²) < 4.78 is 0. The number of aryl methyl sites for hydroxylation is 1. The molecule has 1 fully saturated rings. The SMILES string of the molecule is CCNC(=NCCc1ncc(C)s1)NC1CC1C. The van der Waals surface area contributed by atoms with Gasteiger partial charge >= 0.3 is 0 Å². The third-order valence-corrected chi connectivity index (χ3v) is 4.01. The standard InChI is InChI=1S/C13H22N4S/c1-4-14-13(17-11-7-9(11)2)15-6-5-12-16-8-10(3)18-12/h8-9,11H,4-7H2,1-3H3,(H2,14,15,17). The molecule has 0 spiro atoms. The zero-order chi connectivity index (χ0) is 13.0. The fraction of sp³-hybridized carbons (Fsp3) is 0.692. The molecule has 0 amide bonds. The molecule has 1 aliphatic rings. The highest BCUT2D eigenvalue weighted by Crippen LogP contribution is 2.28. The van der Waals surface area contributed by atoms with Crippen molar-refractivity contribution in [2.24, 2.45) is 10.9 Å². The number of nitrogens with one attached hydrogen (secondary N) is 2. The van der Waals surface area contributed by atoms with Crippen LogP contribution in [0.15, 0.2) is 11.2 Å². The topological polar surface area (TPSA) is 49.3 Å². The maximum Gasteiger partial charge on any atom is 0.191 e. The minimum absolute atomic E-state index is 0.616. The van der Waals surface area contributed by atoms with Crippen LogP contribution in [0, 0.1) is 12.8 Å². The van der Waals surface area contributed by atoms with E-state index in [1.807, 2.05) is 6.20 Å². The number of nitrogens with zero attached hydrogens (tertiary/aromatic N) is 2. The number of thiazole rings is 1. The molecule has 0 aromatic carbocycles. The zero-order valence-electron chi connectivity index (χ0n) is 11.4. The summed E-state index contributed by atoms with van der Waals surface area (Å²) in [4.78, 5) is 10.2. The minimum atomic E-state index is 0.616. The first-order valence-electron chi connectivity index (χ1n) is 6.65. The van der Waals surface area contributed by atoms with Crippen LogP contribution in [0.2, 0.25) is 0 Å². The van der Waals surface area contributed by atoms with Gasteiger partial charge in [-0.25, -0.2) is 4.98 Å². The Bertz CT molecular complexity index is 413. The quantitative estimate of drug-likeness (QED) is 0.633. The van der Waals surface area contributed by atoms with Crippen molar-refractivity contribution in [3.8, 4) is 0 Å². The Morgan fingerprint density at radius 3 is 2.94 bits per heavy atom. The zero-order valence-corrected chi connectivity index (χ0v) is 12.2. The molecule has 5 heteroatoms. The first-order valence-corrected chi connectivity index (χ1v) is 7.47. The maximum atomic E-state index is 4.59. The molecule has 2 unspecified atom stereocenters. The van der Waals surface area contributed by atoms with Gasteiger partial charge in [0.1, 0.15) is 0 Å². The summed E-state index contributed by atoms with van der Waals surface area (Å²) in [6.07, 6.45) is 4.12. The molecule has 1 aromatic heterocycles. The highest BCUT2D eigenvalue weighted by atomic mass is 32.1. The molecule has 1 aromatic rings. The predicted octanol–water partition coefficient (Wildman–Crippen LogP) is 1.96. The van der Waals surface area contributed by atoms with E-state index in [4.69, 9.17) is 0 Å². The Balaban J connectivity index is 1.79. The van der Waals surface area contributed by atoms with Crippen molar-refractivity contribution >= 4 is 17.3 Å². The van der Waals surface area contributed by atoms with Crippen molar-refractivity contribution in [1.82, 2.24) is 15.6 Å². The molecule has 2 N–H and O–H groups in total. The van der Waals surface area contributed by atoms with Gasteiger partial charge in [0, 0.05) is 36.6 Å². The molecule has 0 saturated heterocycles. The molecule has 0 aliphatic heterocycles. The summed E-state index contributed by atoms with van der Waals surface area (Å²) in [7, 11) is 0. The van der Waals surface area contributed by atoms with Crippen LogP contribution in [-0.2, 0) is 6.42 Å². The normalized spacial score (nSPS) is 22.9. The van der Waals surface area contributed by atoms with Gasteiger partial charge in [0.15, 0.2) is 5.96 Å². The van der Waals surface area contributed by atoms with Gasteiger partial charge in [-0.3, -0.25) is 4.99 Å². The molecule has 1 saturated carbocycles. The Kier molecular flexibility index (Phi) is 4.58. The average molecular weight is 266 g/mol. The monoisotopic (exact) mass is 266 g/mol. The number of aromatic nitrogens is 1. The number of hydrogen-bond donors (Lipinski definition) is 2. The van der Waals surface area contributed by atoms with Crippen molar-refractivity contribution in [2.45, 2.75) is 39.7 Å². The largest absolute Gasteiger partial charge is 0.357 e. The van der Waals surface area contributed by atoms with Crippen molar-refractivity contribution < 1.29 is 0 Å². The fourth-order valence-corrected chi connectivity index (χ4v) is 2.57. The first kappa shape index (κ1) is 13.3. The molecule has 4 nitrogen and oxygen atoms in total. The predicted molar refractivity (Wildman–Crippen MR) is 77.2 cm³/mol. The number of guanidine groups is 1. The van der Waals surface area contributed by atoms with Crippen LogP contribution in [0.4, 0.5) is 0 Å². The van der Waals surface area contributed by atoms with Gasteiger partial charge in [-0.05, 0) is 26.2 Å². The van der Waals surface area contributed by atoms with Gasteiger partial charge in [-0.15, -0.1) is 11.3 Å². The highest BCUT2D eigenvalue weighted by molar-refractivity contribution is 7.11. The lowest BCUT2D eigenvalue weighted by Crippen LogP contribution is -2.39. The van der Waals surface area contributed by atoms with Crippen LogP contribution in [0.1, 0.15) is 30.2 Å². The maximum absolute atomic E-state index is 4.59. The van der Waals surface area contributed by atoms with Crippen molar-refractivity contribution in [3.63, 3.8) is 0 Å². The Labute approximate surface area is 113 Å². The first-order chi connectivity index (χ1) is 8.69. The van der Waals surface area contributed by atoms with E-state index >= 15 is 0 Å². The second-order valence-corrected chi connectivity index (χ2v) is 6.16. The van der Waals surface area contributed by atoms with E-state index in [0.29, 0.717) is 6.04 Å². The summed E-state index contributed by atoms with van der Waals surface area (Å²) in [5.41, 5.74) is 0. The van der Waals surface area contributed by atoms with E-state index in [0.717, 1.165) is 31.4 Å². The van der Waals surface area contributed by atoms with Crippen LogP contribution in [-0.4, -0.2) is 30.1 Å². The van der Waals surface area contributed by atoms with Gasteiger partial charge in [0.25, 0.3) is 0 Å². The molecule has 2 atom stereocenters. The summed E-state index contributed by atoms with van der Waals surface area (Å²) in [5.74, 6) is 1.73. The van der Waals surface area contributed by atoms with Gasteiger partial charge in [-0.2, -0.15) is 0 Å². The second-order valence-electron chi connectivity index (χ2n) is 4.84. The van der Waals surface area contributed by atoms with Crippen LogP contribution in [0.3, 0.4) is 0 Å². The number of hydrogen-bond acceptors (Lipinski definition) is 3. The molecule has 0 radical (unpaired) electrons. The Hall–Kier alpha value is -1.10. The smallest absolute Gasteiger partial charge is 0.191 e. The molecule has 18 heavy (non-hydrogen) atoms. The molecule has 1 aliphatic carbocycles. The average Bonchev–Trinajstić information content (AvgIpc) is 2.85. The fourth-order valence-electron chi connectivity index (χ4n) is 1.80. The molecular formula is C13H22N4S. The van der Waals surface area contributed by atoms with Gasteiger partial charge in [0.05, 0.1) is 5.01 Å². The Morgan fingerprint density at radius 1 is 1.61 bits per heavy atom. The van der Waals surface area contributed by atoms with E-state index in [1.54, 1.807) is 11.3 Å². The highest BCUT2D eigenvalue weighted by Gasteiger charge is 2.33. The van der Waals surface area contributed by atoms with E-state index in [-0.39, 0.29) is 0 Å². The van der Waals surface area contributed by atoms with Crippen LogP contribution < -0.4 is 10.6 Å². The molecule has 0 bridgehead atoms. The molecular weight excluding hydrogens is 244 g/mol. The lowest BCUT2D eigenvalue weighted by atomic mass is 10.4. The third kappa shape index (κ3) is 3.98. The molecule has 2 rings (SSSR count). The lowest BCUT2D eigenvalue weighted by Gasteiger charge is -2.10. The molecule has 100 valence electrons. The van der Waals surface area contributed by atoms with E-state index in [2.05, 4.69) is 41.4 Å². The third-order valence-electron chi connectivity index (χ3n) is 3.04. The lowest BCUT2D eigenvalue weighted by molar-refractivity contribution is 0.764. The van der Waals surface area contributed by atoms with Crippen LogP contribution >= 0.6 is 11.3 Å². The van der Waals surface area contributed by atoms with E-state index in [9.17, 15) is 0 Å². The number of rotatable bonds is 5. The van der Waals surface area contributed by atoms with Gasteiger partial charge in [-0.1, -0.05) is 6.92 Å². The summed E-state index contributed by atoms with van der Waals surface area (Å²) in [5, 5.41) is 7.92. The van der Waals surface area contributed by atoms with Gasteiger partial charge < -0.3 is 10.6 Å². The van der Waals surface area contributed by atoms with Crippen LogP contribution in [0.5, 0.6) is 0 Å². The summed E-state index contributed by atoms with van der Waals surface area (Å²) >= 11 is 1.76. The van der Waals surface area contributed by atoms with Crippen molar-refractivity contribution in [1.29, 1.82) is 0 Å². The summed E-state index contributed by atoms with van der Waals surface area (Å²) in [6, 6.07) is 0.616. The Morgan fingerprint density at radius 2 is 2.39 bits per heavy atom. The van der Waals surface area contributed by atoms with Crippen LogP contribution in [0.25, 0.3) is 0 Å². The van der Waals surface area contributed by atoms with Crippen molar-refractivity contribution in [2.75, 3.05) is 13.1 Å². The minimum Gasteiger partial charge on any atom is -0.357 e. The number of aliphatic imine (C=N–C) groups is 1. The van der Waals surface area contributed by atoms with Gasteiger partial charge in [0.2, 0.25) is 0 Å². The summed E-state index contributed by atoms with van der Waals surface area (Å²) in [6.45, 7) is 8.15. The second kappa shape index (κ2) is 6.18. The van der Waals surface area contributed by atoms with E-state index < -0.39 is 0 Å². The van der Waals surface area contributed by atoms with Crippen molar-refractivity contribution in [3.05, 3.63) is 16.1 Å².